The molecular formula is C25H35N5O7. The van der Waals surface area contributed by atoms with Crippen molar-refractivity contribution in [3.8, 4) is 17.1 Å². The number of benzene rings is 1. The lowest BCUT2D eigenvalue weighted by atomic mass is 10.0. The lowest BCUT2D eigenvalue weighted by molar-refractivity contribution is -0.154. The van der Waals surface area contributed by atoms with Crippen molar-refractivity contribution in [2.45, 2.75) is 32.6 Å². The fourth-order valence-electron chi connectivity index (χ4n) is 3.55. The number of amides is 4. The standard InChI is InChI=1S/C25H35N5O7/c1-3-4-5-6-17(14-30(35)16-31)23(32)28-15-29-25(34)22-8-7-21(37-22)18-11-19(13-20(12-18)36-2)24(33)27-10-9-26/h7-8,11-13,16-17,35H,3-6,9-10,14-15,26H2,1-2H3,(H,27,33)(H,28,32)(H,29,34). The Labute approximate surface area is 215 Å². The zero-order valence-electron chi connectivity index (χ0n) is 21.1. The highest BCUT2D eigenvalue weighted by atomic mass is 16.5. The van der Waals surface area contributed by atoms with E-state index in [-0.39, 0.29) is 31.3 Å². The summed E-state index contributed by atoms with van der Waals surface area (Å²) in [5, 5.41) is 17.7. The van der Waals surface area contributed by atoms with Gasteiger partial charge in [-0.25, -0.2) is 5.06 Å². The van der Waals surface area contributed by atoms with Gasteiger partial charge in [-0.05, 0) is 36.8 Å². The Balaban J connectivity index is 2.01. The largest absolute Gasteiger partial charge is 0.497 e. The number of nitrogens with two attached hydrogens (primary N) is 1. The number of ether oxygens (including phenoxy) is 1. The van der Waals surface area contributed by atoms with E-state index in [2.05, 4.69) is 16.0 Å². The molecule has 0 fully saturated rings. The molecule has 4 amide bonds. The van der Waals surface area contributed by atoms with Gasteiger partial charge in [-0.1, -0.05) is 26.2 Å². The van der Waals surface area contributed by atoms with Crippen LogP contribution in [0.4, 0.5) is 0 Å². The molecule has 6 N–H and O–H groups in total. The van der Waals surface area contributed by atoms with Gasteiger partial charge in [0.15, 0.2) is 5.76 Å². The van der Waals surface area contributed by atoms with E-state index in [0.29, 0.717) is 47.2 Å². The molecule has 0 spiro atoms. The summed E-state index contributed by atoms with van der Waals surface area (Å²) in [6.07, 6.45) is 3.39. The molecule has 0 bridgehead atoms. The zero-order chi connectivity index (χ0) is 27.2. The van der Waals surface area contributed by atoms with E-state index < -0.39 is 17.7 Å². The Morgan fingerprint density at radius 3 is 2.59 bits per heavy atom. The number of rotatable bonds is 16. The normalized spacial score (nSPS) is 11.4. The van der Waals surface area contributed by atoms with Gasteiger partial charge in [0.1, 0.15) is 11.5 Å². The minimum Gasteiger partial charge on any atom is -0.497 e. The molecule has 0 aliphatic heterocycles. The maximum Gasteiger partial charge on any atom is 0.288 e. The van der Waals surface area contributed by atoms with Gasteiger partial charge in [-0.15, -0.1) is 0 Å². The molecule has 1 aromatic carbocycles. The van der Waals surface area contributed by atoms with Crippen molar-refractivity contribution in [3.05, 3.63) is 41.7 Å². The maximum absolute atomic E-state index is 12.5. The number of carbonyl (C=O) groups excluding carboxylic acids is 4. The third kappa shape index (κ3) is 9.24. The van der Waals surface area contributed by atoms with Gasteiger partial charge in [-0.3, -0.25) is 24.4 Å². The van der Waals surface area contributed by atoms with Crippen molar-refractivity contribution in [1.82, 2.24) is 21.0 Å². The van der Waals surface area contributed by atoms with E-state index in [9.17, 15) is 24.4 Å². The van der Waals surface area contributed by atoms with Crippen molar-refractivity contribution < 1.29 is 33.5 Å². The van der Waals surface area contributed by atoms with Gasteiger partial charge in [0.05, 0.1) is 26.2 Å². The van der Waals surface area contributed by atoms with Crippen LogP contribution in [0.25, 0.3) is 11.3 Å². The molecule has 1 atom stereocenters. The third-order valence-corrected chi connectivity index (χ3v) is 5.52. The summed E-state index contributed by atoms with van der Waals surface area (Å²) >= 11 is 0. The molecule has 12 nitrogen and oxygen atoms in total. The maximum atomic E-state index is 12.5. The van der Waals surface area contributed by atoms with Crippen molar-refractivity contribution in [2.75, 3.05) is 33.4 Å². The summed E-state index contributed by atoms with van der Waals surface area (Å²) in [4.78, 5) is 48.1. The Morgan fingerprint density at radius 1 is 1.14 bits per heavy atom. The molecule has 1 unspecified atom stereocenters. The highest BCUT2D eigenvalue weighted by Crippen LogP contribution is 2.28. The first-order valence-corrected chi connectivity index (χ1v) is 12.1. The number of hydroxylamine groups is 2. The van der Waals surface area contributed by atoms with Crippen molar-refractivity contribution >= 4 is 24.1 Å². The van der Waals surface area contributed by atoms with Crippen LogP contribution in [0.15, 0.2) is 34.7 Å². The molecule has 0 saturated carbocycles. The Morgan fingerprint density at radius 2 is 1.92 bits per heavy atom. The molecule has 2 aromatic rings. The second kappa shape index (κ2) is 15.3. The fourth-order valence-corrected chi connectivity index (χ4v) is 3.55. The van der Waals surface area contributed by atoms with Crippen LogP contribution in [0.5, 0.6) is 5.75 Å². The van der Waals surface area contributed by atoms with Crippen LogP contribution < -0.4 is 26.4 Å². The summed E-state index contributed by atoms with van der Waals surface area (Å²) < 4.78 is 11.0. The van der Waals surface area contributed by atoms with E-state index in [0.717, 1.165) is 19.3 Å². The Hall–Kier alpha value is -3.90. The van der Waals surface area contributed by atoms with Gasteiger partial charge in [-0.2, -0.15) is 0 Å². The molecule has 2 rings (SSSR count). The number of furan rings is 1. The van der Waals surface area contributed by atoms with Crippen LogP contribution >= 0.6 is 0 Å². The van der Waals surface area contributed by atoms with E-state index in [1.807, 2.05) is 6.92 Å². The molecule has 0 aliphatic carbocycles. The minimum atomic E-state index is -0.613. The van der Waals surface area contributed by atoms with Gasteiger partial charge in [0.25, 0.3) is 11.8 Å². The highest BCUT2D eigenvalue weighted by Gasteiger charge is 2.21. The first-order valence-electron chi connectivity index (χ1n) is 12.1. The number of unbranched alkanes of at least 4 members (excludes halogenated alkanes) is 2. The molecule has 1 aromatic heterocycles. The van der Waals surface area contributed by atoms with Crippen molar-refractivity contribution in [1.29, 1.82) is 0 Å². The molecule has 0 saturated heterocycles. The third-order valence-electron chi connectivity index (χ3n) is 5.52. The average molecular weight is 518 g/mol. The van der Waals surface area contributed by atoms with Crippen LogP contribution in [0, 0.1) is 5.92 Å². The van der Waals surface area contributed by atoms with E-state index >= 15 is 0 Å². The summed E-state index contributed by atoms with van der Waals surface area (Å²) in [7, 11) is 1.47. The number of methoxy groups -OCH3 is 1. The quantitative estimate of drug-likeness (QED) is 0.0731. The van der Waals surface area contributed by atoms with Crippen molar-refractivity contribution in [3.63, 3.8) is 0 Å². The second-order valence-corrected chi connectivity index (χ2v) is 8.30. The predicted octanol–water partition coefficient (Wildman–Crippen LogP) is 1.49. The SMILES string of the molecule is CCCCCC(CN(O)C=O)C(=O)NCNC(=O)c1ccc(-c2cc(OC)cc(C(=O)NCCN)c2)o1. The molecule has 12 heteroatoms. The number of nitrogens with zero attached hydrogens (tertiary/aromatic N) is 1. The summed E-state index contributed by atoms with van der Waals surface area (Å²) in [6.45, 7) is 2.35. The molecule has 37 heavy (non-hydrogen) atoms. The minimum absolute atomic E-state index is 0.00295. The average Bonchev–Trinajstić information content (AvgIpc) is 3.41. The Kier molecular flexibility index (Phi) is 12.1. The summed E-state index contributed by atoms with van der Waals surface area (Å²) in [5.41, 5.74) is 6.31. The molecule has 0 aliphatic rings. The van der Waals surface area contributed by atoms with E-state index in [4.69, 9.17) is 14.9 Å². The molecular weight excluding hydrogens is 482 g/mol. The second-order valence-electron chi connectivity index (χ2n) is 8.30. The van der Waals surface area contributed by atoms with Crippen molar-refractivity contribution in [2.24, 2.45) is 11.7 Å². The van der Waals surface area contributed by atoms with Gasteiger partial charge in [0, 0.05) is 24.2 Å². The first kappa shape index (κ1) is 29.3. The number of hydrogen-bond acceptors (Lipinski definition) is 8. The van der Waals surface area contributed by atoms with E-state index in [1.54, 1.807) is 24.3 Å². The molecule has 202 valence electrons. The summed E-state index contributed by atoms with van der Waals surface area (Å²) in [5.74, 6) is -1.11. The number of carbonyl (C=O) groups is 4. The fraction of sp³-hybridized carbons (Fsp3) is 0.440. The van der Waals surface area contributed by atoms with Crippen LogP contribution in [-0.2, 0) is 9.59 Å². The molecule has 0 radical (unpaired) electrons. The predicted molar refractivity (Wildman–Crippen MR) is 135 cm³/mol. The van der Waals surface area contributed by atoms with Crippen LogP contribution in [0.2, 0.25) is 0 Å². The van der Waals surface area contributed by atoms with Gasteiger partial charge in [0.2, 0.25) is 12.3 Å². The Bertz CT molecular complexity index is 1060. The first-order chi connectivity index (χ1) is 17.8. The lowest BCUT2D eigenvalue weighted by Crippen LogP contribution is -2.42. The number of hydrogen-bond donors (Lipinski definition) is 5. The monoisotopic (exact) mass is 517 g/mol. The highest BCUT2D eigenvalue weighted by molar-refractivity contribution is 5.96. The number of nitrogens with one attached hydrogen (secondary N) is 3. The topological polar surface area (TPSA) is 176 Å². The summed E-state index contributed by atoms with van der Waals surface area (Å²) in [6, 6.07) is 7.92. The van der Waals surface area contributed by atoms with Crippen LogP contribution in [-0.4, -0.2) is 67.8 Å². The van der Waals surface area contributed by atoms with Gasteiger partial charge < -0.3 is 30.8 Å². The smallest absolute Gasteiger partial charge is 0.288 e. The lowest BCUT2D eigenvalue weighted by Gasteiger charge is -2.19. The van der Waals surface area contributed by atoms with Gasteiger partial charge >= 0.3 is 0 Å². The zero-order valence-corrected chi connectivity index (χ0v) is 21.1. The van der Waals surface area contributed by atoms with E-state index in [1.165, 1.54) is 13.2 Å². The molecule has 1 heterocycles. The van der Waals surface area contributed by atoms with Crippen LogP contribution in [0.1, 0.15) is 53.5 Å². The van der Waals surface area contributed by atoms with Crippen LogP contribution in [0.3, 0.4) is 0 Å².